The number of nitrogens with one attached hydrogen (secondary N) is 1. The number of piperidine rings is 1. The van der Waals surface area contributed by atoms with E-state index in [0.29, 0.717) is 12.5 Å². The highest BCUT2D eigenvalue weighted by Crippen LogP contribution is 2.20. The van der Waals surface area contributed by atoms with Crippen LogP contribution in [0.2, 0.25) is 0 Å². The van der Waals surface area contributed by atoms with Crippen molar-refractivity contribution in [1.29, 1.82) is 0 Å². The molecule has 0 unspecified atom stereocenters. The number of nitrogens with zero attached hydrogens (tertiary/aromatic N) is 1. The van der Waals surface area contributed by atoms with Crippen molar-refractivity contribution in [2.24, 2.45) is 0 Å². The zero-order chi connectivity index (χ0) is 13.7. The Morgan fingerprint density at radius 3 is 2.53 bits per heavy atom. The van der Waals surface area contributed by atoms with E-state index in [1.165, 1.54) is 0 Å². The maximum absolute atomic E-state index is 11.3. The lowest BCUT2D eigenvalue weighted by atomic mass is 10.1. The van der Waals surface area contributed by atoms with Crippen LogP contribution in [-0.4, -0.2) is 37.0 Å². The first-order valence-corrected chi connectivity index (χ1v) is 6.92. The quantitative estimate of drug-likeness (QED) is 0.906. The number of likely N-dealkylation sites (tertiary alicyclic amines) is 1. The molecule has 4 nitrogen and oxygen atoms in total. The summed E-state index contributed by atoms with van der Waals surface area (Å²) in [6, 6.07) is 7.61. The summed E-state index contributed by atoms with van der Waals surface area (Å²) in [4.78, 5) is 13.6. The predicted molar refractivity (Wildman–Crippen MR) is 76.5 cm³/mol. The number of benzene rings is 1. The summed E-state index contributed by atoms with van der Waals surface area (Å²) < 4.78 is 5.95. The van der Waals surface area contributed by atoms with E-state index in [1.54, 1.807) is 0 Å². The van der Waals surface area contributed by atoms with Crippen LogP contribution in [0, 0.1) is 0 Å². The number of rotatable bonds is 4. The molecule has 1 saturated heterocycles. The minimum absolute atomic E-state index is 0.0315. The molecule has 1 aliphatic heterocycles. The van der Waals surface area contributed by atoms with Gasteiger partial charge in [0.1, 0.15) is 11.9 Å². The first kappa shape index (κ1) is 13.9. The number of hydrogen-bond acceptors (Lipinski definition) is 3. The van der Waals surface area contributed by atoms with Crippen molar-refractivity contribution in [3.63, 3.8) is 0 Å². The highest BCUT2D eigenvalue weighted by Gasteiger charge is 2.17. The van der Waals surface area contributed by atoms with Gasteiger partial charge < -0.3 is 15.0 Å². The molecule has 1 aromatic carbocycles. The normalized spacial score (nSPS) is 17.2. The summed E-state index contributed by atoms with van der Waals surface area (Å²) in [6.45, 7) is 4.03. The first-order chi connectivity index (χ1) is 9.17. The van der Waals surface area contributed by atoms with Crippen molar-refractivity contribution < 1.29 is 9.53 Å². The third kappa shape index (κ3) is 4.24. The first-order valence-electron chi connectivity index (χ1n) is 6.92. The molecule has 1 N–H and O–H groups in total. The Labute approximate surface area is 114 Å². The Kier molecular flexibility index (Phi) is 4.80. The highest BCUT2D eigenvalue weighted by atomic mass is 16.5. The van der Waals surface area contributed by atoms with Crippen LogP contribution in [-0.2, 0) is 4.79 Å². The standard InChI is InChI=1S/C15H22N2O2/c1-3-15(18)16-12-4-6-13(7-5-12)19-14-8-10-17(2)11-9-14/h4-7,14H,3,8-11H2,1-2H3,(H,16,18). The fraction of sp³-hybridized carbons (Fsp3) is 0.533. The molecule has 0 spiro atoms. The average Bonchev–Trinajstić information content (AvgIpc) is 2.43. The van der Waals surface area contributed by atoms with E-state index in [9.17, 15) is 4.79 Å². The third-order valence-electron chi connectivity index (χ3n) is 3.43. The Morgan fingerprint density at radius 2 is 1.95 bits per heavy atom. The molecule has 0 bridgehead atoms. The molecule has 104 valence electrons. The van der Waals surface area contributed by atoms with Crippen molar-refractivity contribution in [2.45, 2.75) is 32.3 Å². The Morgan fingerprint density at radius 1 is 1.32 bits per heavy atom. The average molecular weight is 262 g/mol. The van der Waals surface area contributed by atoms with Crippen molar-refractivity contribution in [1.82, 2.24) is 4.90 Å². The van der Waals surface area contributed by atoms with E-state index in [-0.39, 0.29) is 5.91 Å². The van der Waals surface area contributed by atoms with E-state index >= 15 is 0 Å². The van der Waals surface area contributed by atoms with Crippen LogP contribution in [0.1, 0.15) is 26.2 Å². The van der Waals surface area contributed by atoms with Crippen LogP contribution in [0.3, 0.4) is 0 Å². The topological polar surface area (TPSA) is 41.6 Å². The molecule has 0 aromatic heterocycles. The molecule has 1 heterocycles. The second kappa shape index (κ2) is 6.57. The second-order valence-corrected chi connectivity index (χ2v) is 5.05. The molecular weight excluding hydrogens is 240 g/mol. The summed E-state index contributed by atoms with van der Waals surface area (Å²) in [5, 5.41) is 2.83. The van der Waals surface area contributed by atoms with Crippen molar-refractivity contribution in [3.05, 3.63) is 24.3 Å². The number of hydrogen-bond donors (Lipinski definition) is 1. The maximum Gasteiger partial charge on any atom is 0.224 e. The minimum Gasteiger partial charge on any atom is -0.490 e. The van der Waals surface area contributed by atoms with Gasteiger partial charge in [0.25, 0.3) is 0 Å². The largest absolute Gasteiger partial charge is 0.490 e. The molecule has 0 atom stereocenters. The number of carbonyl (C=O) groups is 1. The van der Waals surface area contributed by atoms with E-state index < -0.39 is 0 Å². The summed E-state index contributed by atoms with van der Waals surface area (Å²) in [5.74, 6) is 0.910. The summed E-state index contributed by atoms with van der Waals surface area (Å²) in [7, 11) is 2.14. The fourth-order valence-corrected chi connectivity index (χ4v) is 2.16. The van der Waals surface area contributed by atoms with Gasteiger partial charge in [-0.25, -0.2) is 0 Å². The van der Waals surface area contributed by atoms with Gasteiger partial charge in [-0.3, -0.25) is 4.79 Å². The Balaban J connectivity index is 1.86. The van der Waals surface area contributed by atoms with Gasteiger partial charge in [0.05, 0.1) is 0 Å². The zero-order valence-corrected chi connectivity index (χ0v) is 11.7. The lowest BCUT2D eigenvalue weighted by Gasteiger charge is -2.29. The summed E-state index contributed by atoms with van der Waals surface area (Å²) in [5.41, 5.74) is 0.822. The van der Waals surface area contributed by atoms with Gasteiger partial charge in [0.15, 0.2) is 0 Å². The number of ether oxygens (including phenoxy) is 1. The van der Waals surface area contributed by atoms with Gasteiger partial charge in [0, 0.05) is 25.2 Å². The SMILES string of the molecule is CCC(=O)Nc1ccc(OC2CCN(C)CC2)cc1. The molecule has 0 saturated carbocycles. The summed E-state index contributed by atoms with van der Waals surface area (Å²) >= 11 is 0. The lowest BCUT2D eigenvalue weighted by molar-refractivity contribution is -0.115. The highest BCUT2D eigenvalue weighted by molar-refractivity contribution is 5.90. The van der Waals surface area contributed by atoms with Crippen molar-refractivity contribution in [3.8, 4) is 5.75 Å². The van der Waals surface area contributed by atoms with E-state index in [4.69, 9.17) is 4.74 Å². The fourth-order valence-electron chi connectivity index (χ4n) is 2.16. The van der Waals surface area contributed by atoms with Gasteiger partial charge in [0.2, 0.25) is 5.91 Å². The van der Waals surface area contributed by atoms with Crippen molar-refractivity contribution >= 4 is 11.6 Å². The van der Waals surface area contributed by atoms with Crippen LogP contribution in [0.5, 0.6) is 5.75 Å². The maximum atomic E-state index is 11.3. The van der Waals surface area contributed by atoms with E-state index in [2.05, 4.69) is 17.3 Å². The van der Waals surface area contributed by atoms with Gasteiger partial charge in [-0.05, 0) is 44.2 Å². The molecule has 0 aliphatic carbocycles. The molecule has 1 aliphatic rings. The lowest BCUT2D eigenvalue weighted by Crippen LogP contribution is -2.35. The molecule has 19 heavy (non-hydrogen) atoms. The Hall–Kier alpha value is -1.55. The predicted octanol–water partition coefficient (Wildman–Crippen LogP) is 2.51. The van der Waals surface area contributed by atoms with Gasteiger partial charge >= 0.3 is 0 Å². The van der Waals surface area contributed by atoms with Crippen LogP contribution in [0.25, 0.3) is 0 Å². The van der Waals surface area contributed by atoms with Gasteiger partial charge in [-0.2, -0.15) is 0 Å². The Bertz CT molecular complexity index is 409. The molecule has 1 fully saturated rings. The van der Waals surface area contributed by atoms with Gasteiger partial charge in [-0.1, -0.05) is 6.92 Å². The molecule has 0 radical (unpaired) electrons. The molecular formula is C15H22N2O2. The number of amides is 1. The number of anilines is 1. The molecule has 2 rings (SSSR count). The monoisotopic (exact) mass is 262 g/mol. The van der Waals surface area contributed by atoms with Crippen LogP contribution in [0.4, 0.5) is 5.69 Å². The third-order valence-corrected chi connectivity index (χ3v) is 3.43. The minimum atomic E-state index is 0.0315. The van der Waals surface area contributed by atoms with Crippen LogP contribution < -0.4 is 10.1 Å². The van der Waals surface area contributed by atoms with Crippen molar-refractivity contribution in [2.75, 3.05) is 25.5 Å². The molecule has 1 amide bonds. The number of carbonyl (C=O) groups excluding carboxylic acids is 1. The second-order valence-electron chi connectivity index (χ2n) is 5.05. The van der Waals surface area contributed by atoms with Gasteiger partial charge in [-0.15, -0.1) is 0 Å². The van der Waals surface area contributed by atoms with E-state index in [1.807, 2.05) is 31.2 Å². The molecule has 1 aromatic rings. The van der Waals surface area contributed by atoms with Crippen LogP contribution in [0.15, 0.2) is 24.3 Å². The van der Waals surface area contributed by atoms with Crippen LogP contribution >= 0.6 is 0 Å². The van der Waals surface area contributed by atoms with E-state index in [0.717, 1.165) is 37.4 Å². The summed E-state index contributed by atoms with van der Waals surface area (Å²) in [6.07, 6.45) is 2.95. The molecule has 4 heteroatoms. The smallest absolute Gasteiger partial charge is 0.224 e. The zero-order valence-electron chi connectivity index (χ0n) is 11.7.